The van der Waals surface area contributed by atoms with E-state index in [1.807, 2.05) is 39.8 Å². The Labute approximate surface area is 237 Å². The molecule has 0 fully saturated rings. The van der Waals surface area contributed by atoms with E-state index in [4.69, 9.17) is 23.2 Å². The second-order valence-corrected chi connectivity index (χ2v) is 13.4. The minimum Gasteiger partial charge on any atom is -0.350 e. The van der Waals surface area contributed by atoms with E-state index in [1.165, 1.54) is 19.0 Å². The summed E-state index contributed by atoms with van der Waals surface area (Å²) in [6.45, 7) is 10.6. The molecule has 11 heteroatoms. The third kappa shape index (κ3) is 8.09. The van der Waals surface area contributed by atoms with Crippen molar-refractivity contribution < 1.29 is 18.0 Å². The molecule has 1 N–H and O–H groups in total. The van der Waals surface area contributed by atoms with Crippen LogP contribution in [0.5, 0.6) is 0 Å². The molecule has 38 heavy (non-hydrogen) atoms. The molecule has 2 aromatic carbocycles. The first-order chi connectivity index (χ1) is 17.5. The quantitative estimate of drug-likeness (QED) is 0.428. The van der Waals surface area contributed by atoms with Crippen molar-refractivity contribution in [2.45, 2.75) is 66.1 Å². The maximum atomic E-state index is 14.0. The van der Waals surface area contributed by atoms with Gasteiger partial charge in [0.05, 0.1) is 15.7 Å². The number of hydrogen-bond donors (Lipinski definition) is 1. The highest BCUT2D eigenvalue weighted by atomic mass is 35.5. The molecule has 0 aliphatic carbocycles. The van der Waals surface area contributed by atoms with Gasteiger partial charge in [0, 0.05) is 26.2 Å². The van der Waals surface area contributed by atoms with Crippen LogP contribution in [-0.4, -0.2) is 61.7 Å². The van der Waals surface area contributed by atoms with Crippen LogP contribution in [-0.2, 0) is 26.3 Å². The van der Waals surface area contributed by atoms with E-state index in [0.717, 1.165) is 14.2 Å². The monoisotopic (exact) mass is 584 g/mol. The van der Waals surface area contributed by atoms with E-state index in [9.17, 15) is 18.0 Å². The van der Waals surface area contributed by atoms with Gasteiger partial charge in [-0.15, -0.1) is 0 Å². The minimum atomic E-state index is -4.05. The van der Waals surface area contributed by atoms with Crippen molar-refractivity contribution >= 4 is 50.9 Å². The average Bonchev–Trinajstić information content (AvgIpc) is 2.79. The Kier molecular flexibility index (Phi) is 10.6. The summed E-state index contributed by atoms with van der Waals surface area (Å²) in [5.41, 5.74) is 2.07. The summed E-state index contributed by atoms with van der Waals surface area (Å²) < 4.78 is 29.0. The smallest absolute Gasteiger partial charge is 0.304 e. The fourth-order valence-corrected chi connectivity index (χ4v) is 5.33. The summed E-state index contributed by atoms with van der Waals surface area (Å²) in [5.74, 6) is -0.861. The fourth-order valence-electron chi connectivity index (χ4n) is 3.90. The molecule has 2 amide bonds. The van der Waals surface area contributed by atoms with Crippen LogP contribution in [0.1, 0.15) is 50.8 Å². The molecule has 0 aromatic heterocycles. The molecule has 210 valence electrons. The van der Waals surface area contributed by atoms with Crippen molar-refractivity contribution in [1.29, 1.82) is 0 Å². The van der Waals surface area contributed by atoms with Gasteiger partial charge in [0.15, 0.2) is 0 Å². The van der Waals surface area contributed by atoms with Crippen LogP contribution in [0.3, 0.4) is 0 Å². The molecule has 2 rings (SSSR count). The Morgan fingerprint density at radius 3 is 2.16 bits per heavy atom. The molecule has 0 aliphatic rings. The van der Waals surface area contributed by atoms with Crippen LogP contribution in [0.15, 0.2) is 36.4 Å². The van der Waals surface area contributed by atoms with Crippen molar-refractivity contribution in [3.63, 3.8) is 0 Å². The number of benzene rings is 2. The summed E-state index contributed by atoms with van der Waals surface area (Å²) in [6, 6.07) is 9.56. The number of halogens is 2. The molecule has 0 spiro atoms. The molecule has 0 aliphatic heterocycles. The molecule has 0 unspecified atom stereocenters. The van der Waals surface area contributed by atoms with Crippen LogP contribution >= 0.6 is 23.2 Å². The molecule has 2 aromatic rings. The van der Waals surface area contributed by atoms with Gasteiger partial charge >= 0.3 is 10.2 Å². The number of nitrogens with one attached hydrogen (secondary N) is 1. The second kappa shape index (κ2) is 12.7. The van der Waals surface area contributed by atoms with Crippen LogP contribution in [0.25, 0.3) is 0 Å². The zero-order chi connectivity index (χ0) is 29.0. The van der Waals surface area contributed by atoms with E-state index in [0.29, 0.717) is 33.3 Å². The zero-order valence-electron chi connectivity index (χ0n) is 23.3. The molecular formula is C27H38Cl2N4O4S. The predicted molar refractivity (Wildman–Crippen MR) is 155 cm³/mol. The van der Waals surface area contributed by atoms with Gasteiger partial charge in [-0.05, 0) is 75.9 Å². The van der Waals surface area contributed by atoms with Crippen LogP contribution in [0, 0.1) is 13.8 Å². The van der Waals surface area contributed by atoms with Crippen LogP contribution < -0.4 is 9.62 Å². The largest absolute Gasteiger partial charge is 0.350 e. The second-order valence-electron chi connectivity index (χ2n) is 10.5. The van der Waals surface area contributed by atoms with Gasteiger partial charge in [0.2, 0.25) is 11.8 Å². The number of hydrogen-bond acceptors (Lipinski definition) is 4. The van der Waals surface area contributed by atoms with Crippen LogP contribution in [0.2, 0.25) is 10.0 Å². The maximum absolute atomic E-state index is 14.0. The topological polar surface area (TPSA) is 90.0 Å². The van der Waals surface area contributed by atoms with Crippen molar-refractivity contribution in [2.24, 2.45) is 0 Å². The lowest BCUT2D eigenvalue weighted by Gasteiger charge is -2.35. The number of aryl methyl sites for hydroxylation is 2. The molecule has 0 saturated heterocycles. The van der Waals surface area contributed by atoms with Gasteiger partial charge in [-0.2, -0.15) is 12.7 Å². The fraction of sp³-hybridized carbons (Fsp3) is 0.481. The Hall–Kier alpha value is -2.33. The third-order valence-electron chi connectivity index (χ3n) is 5.87. The summed E-state index contributed by atoms with van der Waals surface area (Å²) in [6.07, 6.45) is 0.318. The number of carbonyl (C=O) groups is 2. The molecule has 8 nitrogen and oxygen atoms in total. The number of anilines is 1. The molecule has 0 heterocycles. The van der Waals surface area contributed by atoms with E-state index >= 15 is 0 Å². The summed E-state index contributed by atoms with van der Waals surface area (Å²) >= 11 is 12.3. The average molecular weight is 586 g/mol. The molecule has 0 bridgehead atoms. The Bertz CT molecular complexity index is 1280. The number of carbonyl (C=O) groups excluding carboxylic acids is 2. The Morgan fingerprint density at radius 2 is 1.63 bits per heavy atom. The first-order valence-corrected chi connectivity index (χ1v) is 14.5. The highest BCUT2D eigenvalue weighted by Crippen LogP contribution is 2.27. The number of amides is 2. The van der Waals surface area contributed by atoms with Crippen molar-refractivity contribution in [3.05, 3.63) is 63.1 Å². The summed E-state index contributed by atoms with van der Waals surface area (Å²) in [7, 11) is -1.22. The van der Waals surface area contributed by atoms with E-state index in [-0.39, 0.29) is 12.5 Å². The Morgan fingerprint density at radius 1 is 1.00 bits per heavy atom. The first kappa shape index (κ1) is 31.9. The van der Waals surface area contributed by atoms with E-state index in [1.54, 1.807) is 38.1 Å². The number of nitrogens with zero attached hydrogens (tertiary/aromatic N) is 3. The van der Waals surface area contributed by atoms with E-state index in [2.05, 4.69) is 5.32 Å². The summed E-state index contributed by atoms with van der Waals surface area (Å²) in [5, 5.41) is 3.62. The predicted octanol–water partition coefficient (Wildman–Crippen LogP) is 4.95. The highest BCUT2D eigenvalue weighted by molar-refractivity contribution is 7.90. The normalized spacial score (nSPS) is 12.8. The molecular weight excluding hydrogens is 547 g/mol. The SMILES string of the molecule is CC[C@@H](C(=O)NC(C)(C)C)N(Cc1ccc(Cl)c(Cl)c1)C(=O)CN(c1cc(C)ccc1C)S(=O)(=O)N(C)C. The molecule has 0 saturated carbocycles. The van der Waals surface area contributed by atoms with Gasteiger partial charge < -0.3 is 10.2 Å². The standard InChI is InChI=1S/C27H38Cl2N4O4S/c1-9-23(26(35)30-27(4,5)6)32(16-20-12-13-21(28)22(29)15-20)25(34)17-33(38(36,37)31(7)8)24-14-18(2)10-11-19(24)3/h10-15,23H,9,16-17H2,1-8H3,(H,30,35)/t23-/m0/s1. The van der Waals surface area contributed by atoms with Gasteiger partial charge in [0.25, 0.3) is 0 Å². The van der Waals surface area contributed by atoms with Crippen molar-refractivity contribution in [1.82, 2.24) is 14.5 Å². The first-order valence-electron chi connectivity index (χ1n) is 12.3. The van der Waals surface area contributed by atoms with Gasteiger partial charge in [-0.3, -0.25) is 9.59 Å². The van der Waals surface area contributed by atoms with E-state index < -0.39 is 34.2 Å². The maximum Gasteiger partial charge on any atom is 0.304 e. The summed E-state index contributed by atoms with van der Waals surface area (Å²) in [4.78, 5) is 28.7. The lowest BCUT2D eigenvalue weighted by molar-refractivity contribution is -0.141. The molecule has 1 atom stereocenters. The van der Waals surface area contributed by atoms with Crippen molar-refractivity contribution in [3.8, 4) is 0 Å². The molecule has 0 radical (unpaired) electrons. The third-order valence-corrected chi connectivity index (χ3v) is 8.42. The van der Waals surface area contributed by atoms with Gasteiger partial charge in [-0.25, -0.2) is 4.31 Å². The highest BCUT2D eigenvalue weighted by Gasteiger charge is 2.35. The Balaban J connectivity index is 2.60. The lowest BCUT2D eigenvalue weighted by atomic mass is 10.1. The minimum absolute atomic E-state index is 0.0362. The van der Waals surface area contributed by atoms with Gasteiger partial charge in [0.1, 0.15) is 12.6 Å². The van der Waals surface area contributed by atoms with Crippen LogP contribution in [0.4, 0.5) is 5.69 Å². The number of rotatable bonds is 10. The van der Waals surface area contributed by atoms with Gasteiger partial charge in [-0.1, -0.05) is 48.3 Å². The van der Waals surface area contributed by atoms with Crippen molar-refractivity contribution in [2.75, 3.05) is 24.9 Å². The lowest BCUT2D eigenvalue weighted by Crippen LogP contribution is -2.55. The zero-order valence-corrected chi connectivity index (χ0v) is 25.6.